The first-order valence-electron chi connectivity index (χ1n) is 8.25. The van der Waals surface area contributed by atoms with Gasteiger partial charge >= 0.3 is 0 Å². The molecule has 0 aliphatic heterocycles. The minimum Gasteiger partial charge on any atom is -0.497 e. The van der Waals surface area contributed by atoms with Gasteiger partial charge in [-0.15, -0.1) is 0 Å². The second-order valence-corrected chi connectivity index (χ2v) is 6.45. The molecule has 0 unspecified atom stereocenters. The molecule has 0 aliphatic rings. The number of anilines is 1. The Balaban J connectivity index is 1.82. The molecular formula is C20H18ClN3O3. The summed E-state index contributed by atoms with van der Waals surface area (Å²) in [5.41, 5.74) is 2.02. The van der Waals surface area contributed by atoms with Crippen LogP contribution in [0, 0.1) is 6.92 Å². The normalized spacial score (nSPS) is 10.5. The first kappa shape index (κ1) is 18.7. The van der Waals surface area contributed by atoms with Crippen LogP contribution >= 0.6 is 11.6 Å². The molecule has 6 nitrogen and oxygen atoms in total. The van der Waals surface area contributed by atoms with Crippen molar-refractivity contribution >= 4 is 23.2 Å². The van der Waals surface area contributed by atoms with Gasteiger partial charge in [0.05, 0.1) is 7.11 Å². The monoisotopic (exact) mass is 383 g/mol. The lowest BCUT2D eigenvalue weighted by molar-refractivity contribution is 0.102. The maximum atomic E-state index is 12.5. The van der Waals surface area contributed by atoms with Crippen molar-refractivity contribution < 1.29 is 9.53 Å². The van der Waals surface area contributed by atoms with E-state index in [0.29, 0.717) is 23.0 Å². The van der Waals surface area contributed by atoms with Crippen LogP contribution in [0.3, 0.4) is 0 Å². The molecular weight excluding hydrogens is 366 g/mol. The number of carbonyl (C=O) groups excluding carboxylic acids is 1. The average molecular weight is 384 g/mol. The second kappa shape index (κ2) is 8.05. The summed E-state index contributed by atoms with van der Waals surface area (Å²) >= 11 is 5.98. The van der Waals surface area contributed by atoms with E-state index in [-0.39, 0.29) is 11.3 Å². The zero-order valence-electron chi connectivity index (χ0n) is 14.9. The summed E-state index contributed by atoms with van der Waals surface area (Å²) in [6.07, 6.45) is 0.385. The molecule has 0 spiro atoms. The number of ether oxygens (including phenoxy) is 1. The maximum absolute atomic E-state index is 12.5. The van der Waals surface area contributed by atoms with E-state index < -0.39 is 5.91 Å². The summed E-state index contributed by atoms with van der Waals surface area (Å²) in [4.78, 5) is 31.4. The van der Waals surface area contributed by atoms with Gasteiger partial charge in [0.2, 0.25) is 0 Å². The topological polar surface area (TPSA) is 84.1 Å². The summed E-state index contributed by atoms with van der Waals surface area (Å²) in [7, 11) is 1.60. The highest BCUT2D eigenvalue weighted by Crippen LogP contribution is 2.20. The van der Waals surface area contributed by atoms with Gasteiger partial charge in [0.1, 0.15) is 17.3 Å². The third-order valence-electron chi connectivity index (χ3n) is 4.00. The smallest absolute Gasteiger partial charge is 0.274 e. The number of benzene rings is 2. The van der Waals surface area contributed by atoms with E-state index in [1.165, 1.54) is 6.07 Å². The van der Waals surface area contributed by atoms with Crippen LogP contribution in [0.25, 0.3) is 0 Å². The summed E-state index contributed by atoms with van der Waals surface area (Å²) < 4.78 is 5.13. The molecule has 0 saturated heterocycles. The highest BCUT2D eigenvalue weighted by Gasteiger charge is 2.12. The predicted octanol–water partition coefficient (Wildman–Crippen LogP) is 3.58. The van der Waals surface area contributed by atoms with Crippen molar-refractivity contribution in [2.45, 2.75) is 13.3 Å². The van der Waals surface area contributed by atoms with E-state index in [2.05, 4.69) is 15.3 Å². The minimum atomic E-state index is -0.470. The maximum Gasteiger partial charge on any atom is 0.274 e. The number of nitrogens with zero attached hydrogens (tertiary/aromatic N) is 1. The van der Waals surface area contributed by atoms with Gasteiger partial charge in [-0.2, -0.15) is 0 Å². The Morgan fingerprint density at radius 2 is 1.93 bits per heavy atom. The molecule has 3 aromatic rings. The molecule has 3 rings (SSSR count). The van der Waals surface area contributed by atoms with Crippen molar-refractivity contribution in [1.29, 1.82) is 0 Å². The highest BCUT2D eigenvalue weighted by molar-refractivity contribution is 6.31. The van der Waals surface area contributed by atoms with E-state index in [4.69, 9.17) is 16.3 Å². The molecule has 0 saturated carbocycles. The number of hydrogen-bond donors (Lipinski definition) is 2. The van der Waals surface area contributed by atoms with Crippen molar-refractivity contribution in [2.75, 3.05) is 12.4 Å². The summed E-state index contributed by atoms with van der Waals surface area (Å²) in [6.45, 7) is 1.85. The van der Waals surface area contributed by atoms with Crippen molar-refractivity contribution in [1.82, 2.24) is 9.97 Å². The Hall–Kier alpha value is -3.12. The lowest BCUT2D eigenvalue weighted by atomic mass is 10.1. The van der Waals surface area contributed by atoms with Crippen LogP contribution in [0.1, 0.15) is 27.4 Å². The SMILES string of the molecule is COc1ccc(Cc2nc(C(=O)Nc3cc(Cl)ccc3C)cc(=O)[nH]2)cc1. The van der Waals surface area contributed by atoms with Crippen molar-refractivity contribution in [3.8, 4) is 5.75 Å². The van der Waals surface area contributed by atoms with E-state index in [9.17, 15) is 9.59 Å². The fraction of sp³-hybridized carbons (Fsp3) is 0.150. The Bertz CT molecular complexity index is 1030. The Labute approximate surface area is 161 Å². The lowest BCUT2D eigenvalue weighted by Gasteiger charge is -2.09. The van der Waals surface area contributed by atoms with E-state index in [0.717, 1.165) is 16.9 Å². The van der Waals surface area contributed by atoms with Gasteiger partial charge in [0, 0.05) is 23.2 Å². The summed E-state index contributed by atoms with van der Waals surface area (Å²) in [5.74, 6) is 0.674. The zero-order chi connectivity index (χ0) is 19.4. The van der Waals surface area contributed by atoms with E-state index >= 15 is 0 Å². The number of methoxy groups -OCH3 is 1. The molecule has 0 radical (unpaired) electrons. The molecule has 0 fully saturated rings. The minimum absolute atomic E-state index is 0.0432. The first-order valence-corrected chi connectivity index (χ1v) is 8.63. The zero-order valence-corrected chi connectivity index (χ0v) is 15.6. The number of H-pyrrole nitrogens is 1. The van der Waals surface area contributed by atoms with Gasteiger partial charge < -0.3 is 15.0 Å². The van der Waals surface area contributed by atoms with Crippen LogP contribution in [0.15, 0.2) is 53.3 Å². The Morgan fingerprint density at radius 1 is 1.19 bits per heavy atom. The number of nitrogens with one attached hydrogen (secondary N) is 2. The van der Waals surface area contributed by atoms with Crippen molar-refractivity contribution in [3.05, 3.63) is 86.6 Å². The van der Waals surface area contributed by atoms with Gasteiger partial charge in [0.15, 0.2) is 0 Å². The summed E-state index contributed by atoms with van der Waals surface area (Å²) in [5, 5.41) is 3.25. The number of carbonyl (C=O) groups is 1. The molecule has 1 heterocycles. The lowest BCUT2D eigenvalue weighted by Crippen LogP contribution is -2.21. The molecule has 2 N–H and O–H groups in total. The van der Waals surface area contributed by atoms with Crippen LogP contribution in [-0.4, -0.2) is 23.0 Å². The number of aromatic nitrogens is 2. The van der Waals surface area contributed by atoms with Crippen molar-refractivity contribution in [3.63, 3.8) is 0 Å². The van der Waals surface area contributed by atoms with Crippen LogP contribution in [0.2, 0.25) is 5.02 Å². The molecule has 138 valence electrons. The van der Waals surface area contributed by atoms with E-state index in [1.54, 1.807) is 25.3 Å². The average Bonchev–Trinajstić information content (AvgIpc) is 2.65. The first-order chi connectivity index (χ1) is 12.9. The quantitative estimate of drug-likeness (QED) is 0.705. The van der Waals surface area contributed by atoms with E-state index in [1.807, 2.05) is 31.2 Å². The number of amides is 1. The van der Waals surface area contributed by atoms with Crippen LogP contribution in [0.5, 0.6) is 5.75 Å². The fourth-order valence-electron chi connectivity index (χ4n) is 2.56. The predicted molar refractivity (Wildman–Crippen MR) is 105 cm³/mol. The third kappa shape index (κ3) is 4.74. The Kier molecular flexibility index (Phi) is 5.57. The number of aryl methyl sites for hydroxylation is 1. The molecule has 7 heteroatoms. The number of hydrogen-bond acceptors (Lipinski definition) is 4. The molecule has 27 heavy (non-hydrogen) atoms. The molecule has 1 aromatic heterocycles. The van der Waals surface area contributed by atoms with Gasteiger partial charge in [-0.25, -0.2) is 4.98 Å². The largest absolute Gasteiger partial charge is 0.497 e. The second-order valence-electron chi connectivity index (χ2n) is 6.02. The van der Waals surface area contributed by atoms with Gasteiger partial charge in [0.25, 0.3) is 11.5 Å². The number of halogens is 1. The molecule has 0 aliphatic carbocycles. The van der Waals surface area contributed by atoms with Gasteiger partial charge in [-0.3, -0.25) is 9.59 Å². The number of rotatable bonds is 5. The Morgan fingerprint density at radius 3 is 2.63 bits per heavy atom. The third-order valence-corrected chi connectivity index (χ3v) is 4.24. The summed E-state index contributed by atoms with van der Waals surface area (Å²) in [6, 6.07) is 13.8. The number of aromatic amines is 1. The van der Waals surface area contributed by atoms with Gasteiger partial charge in [-0.1, -0.05) is 29.8 Å². The fourth-order valence-corrected chi connectivity index (χ4v) is 2.73. The molecule has 1 amide bonds. The van der Waals surface area contributed by atoms with Crippen LogP contribution in [0.4, 0.5) is 5.69 Å². The van der Waals surface area contributed by atoms with Crippen LogP contribution < -0.4 is 15.6 Å². The van der Waals surface area contributed by atoms with Crippen LogP contribution in [-0.2, 0) is 6.42 Å². The standard InChI is InChI=1S/C20H18ClN3O3/c1-12-3-6-14(21)10-16(12)23-20(26)17-11-19(25)24-18(22-17)9-13-4-7-15(27-2)8-5-13/h3-8,10-11H,9H2,1-2H3,(H,23,26)(H,22,24,25). The molecule has 0 atom stereocenters. The van der Waals surface area contributed by atoms with Crippen molar-refractivity contribution in [2.24, 2.45) is 0 Å². The molecule has 2 aromatic carbocycles. The molecule has 0 bridgehead atoms. The van der Waals surface area contributed by atoms with Gasteiger partial charge in [-0.05, 0) is 42.3 Å². The highest BCUT2D eigenvalue weighted by atomic mass is 35.5.